The molecule has 0 saturated heterocycles. The van der Waals surface area contributed by atoms with Crippen LogP contribution in [0.5, 0.6) is 0 Å². The molecule has 0 amide bonds. The minimum atomic E-state index is 0.788. The van der Waals surface area contributed by atoms with E-state index in [1.807, 2.05) is 18.2 Å². The summed E-state index contributed by atoms with van der Waals surface area (Å²) in [5, 5.41) is 12.0. The number of pyridine rings is 2. The van der Waals surface area contributed by atoms with Crippen LogP contribution in [0.15, 0.2) is 41.3 Å². The van der Waals surface area contributed by atoms with E-state index in [9.17, 15) is 0 Å². The first-order valence-electron chi connectivity index (χ1n) is 6.57. The van der Waals surface area contributed by atoms with Gasteiger partial charge in [0, 0.05) is 41.6 Å². The van der Waals surface area contributed by atoms with E-state index in [1.54, 1.807) is 18.6 Å². The maximum absolute atomic E-state index is 4.45. The second kappa shape index (κ2) is 4.92. The highest BCUT2D eigenvalue weighted by Gasteiger charge is 2.21. The summed E-state index contributed by atoms with van der Waals surface area (Å²) in [5.41, 5.74) is 1.94. The first-order chi connectivity index (χ1) is 10.3. The second-order valence-corrected chi connectivity index (χ2v) is 5.62. The molecule has 0 fully saturated rings. The number of hydrogen-bond donors (Lipinski definition) is 1. The van der Waals surface area contributed by atoms with Gasteiger partial charge < -0.3 is 5.32 Å². The van der Waals surface area contributed by atoms with Crippen LogP contribution in [0.1, 0.15) is 5.82 Å². The highest BCUT2D eigenvalue weighted by molar-refractivity contribution is 9.10. The van der Waals surface area contributed by atoms with Gasteiger partial charge >= 0.3 is 0 Å². The van der Waals surface area contributed by atoms with Crippen LogP contribution in [0.3, 0.4) is 0 Å². The normalized spacial score (nSPS) is 13.0. The van der Waals surface area contributed by atoms with Crippen LogP contribution >= 0.6 is 15.9 Å². The van der Waals surface area contributed by atoms with Crippen LogP contribution in [-0.4, -0.2) is 31.3 Å². The predicted molar refractivity (Wildman–Crippen MR) is 82.3 cm³/mol. The monoisotopic (exact) mass is 342 g/mol. The van der Waals surface area contributed by atoms with Gasteiger partial charge in [-0.1, -0.05) is 0 Å². The summed E-state index contributed by atoms with van der Waals surface area (Å²) in [6, 6.07) is 5.89. The molecule has 0 unspecified atom stereocenters. The lowest BCUT2D eigenvalue weighted by Gasteiger charge is -2.11. The van der Waals surface area contributed by atoms with Gasteiger partial charge in [0.25, 0.3) is 0 Å². The number of hydrogen-bond acceptors (Lipinski definition) is 5. The SMILES string of the molecule is Brc1cnc2c(c1)-n1c(nnc1-c1ccncc1)CCN2. The fourth-order valence-electron chi connectivity index (χ4n) is 2.45. The van der Waals surface area contributed by atoms with Gasteiger partial charge in [-0.3, -0.25) is 9.55 Å². The molecule has 1 N–H and O–H groups in total. The maximum Gasteiger partial charge on any atom is 0.168 e. The molecule has 4 rings (SSSR count). The molecular formula is C14H11BrN6. The van der Waals surface area contributed by atoms with E-state index in [0.717, 1.165) is 46.2 Å². The average molecular weight is 343 g/mol. The lowest BCUT2D eigenvalue weighted by molar-refractivity contribution is 0.873. The van der Waals surface area contributed by atoms with Gasteiger partial charge in [0.05, 0.1) is 5.69 Å². The van der Waals surface area contributed by atoms with Crippen molar-refractivity contribution in [2.75, 3.05) is 11.9 Å². The summed E-state index contributed by atoms with van der Waals surface area (Å²) in [4.78, 5) is 8.50. The number of halogens is 1. The fraction of sp³-hybridized carbons (Fsp3) is 0.143. The third kappa shape index (κ3) is 2.09. The third-order valence-corrected chi connectivity index (χ3v) is 3.82. The Bertz CT molecular complexity index is 798. The van der Waals surface area contributed by atoms with Crippen molar-refractivity contribution in [2.24, 2.45) is 0 Å². The molecule has 21 heavy (non-hydrogen) atoms. The van der Waals surface area contributed by atoms with Crippen molar-refractivity contribution < 1.29 is 0 Å². The molecule has 3 aromatic rings. The van der Waals surface area contributed by atoms with Crippen molar-refractivity contribution in [1.29, 1.82) is 0 Å². The molecule has 0 aromatic carbocycles. The van der Waals surface area contributed by atoms with E-state index >= 15 is 0 Å². The topological polar surface area (TPSA) is 68.5 Å². The van der Waals surface area contributed by atoms with Gasteiger partial charge in [0.15, 0.2) is 5.82 Å². The van der Waals surface area contributed by atoms with Crippen LogP contribution in [0.25, 0.3) is 17.1 Å². The van der Waals surface area contributed by atoms with Gasteiger partial charge in [-0.2, -0.15) is 0 Å². The van der Waals surface area contributed by atoms with Crippen molar-refractivity contribution in [3.8, 4) is 17.1 Å². The number of fused-ring (bicyclic) bond motifs is 3. The van der Waals surface area contributed by atoms with Gasteiger partial charge in [-0.05, 0) is 34.1 Å². The van der Waals surface area contributed by atoms with Crippen LogP contribution < -0.4 is 5.32 Å². The molecule has 4 heterocycles. The average Bonchev–Trinajstić information content (AvgIpc) is 2.85. The number of nitrogens with one attached hydrogen (secondary N) is 1. The smallest absolute Gasteiger partial charge is 0.168 e. The summed E-state index contributed by atoms with van der Waals surface area (Å²) in [5.74, 6) is 2.57. The van der Waals surface area contributed by atoms with Gasteiger partial charge in [-0.15, -0.1) is 10.2 Å². The van der Waals surface area contributed by atoms with E-state index in [0.29, 0.717) is 0 Å². The lowest BCUT2D eigenvalue weighted by atomic mass is 10.2. The zero-order valence-electron chi connectivity index (χ0n) is 11.0. The van der Waals surface area contributed by atoms with Crippen molar-refractivity contribution >= 4 is 21.7 Å². The van der Waals surface area contributed by atoms with E-state index < -0.39 is 0 Å². The number of rotatable bonds is 1. The number of anilines is 1. The molecule has 7 heteroatoms. The van der Waals surface area contributed by atoms with Crippen LogP contribution in [0.2, 0.25) is 0 Å². The van der Waals surface area contributed by atoms with E-state index in [2.05, 4.69) is 46.0 Å². The second-order valence-electron chi connectivity index (χ2n) is 4.71. The number of nitrogens with zero attached hydrogens (tertiary/aromatic N) is 5. The Morgan fingerprint density at radius 3 is 2.90 bits per heavy atom. The van der Waals surface area contributed by atoms with Gasteiger partial charge in [-0.25, -0.2) is 4.98 Å². The summed E-state index contributed by atoms with van der Waals surface area (Å²) < 4.78 is 2.98. The molecule has 0 radical (unpaired) electrons. The minimum Gasteiger partial charge on any atom is -0.368 e. The van der Waals surface area contributed by atoms with Crippen LogP contribution in [0.4, 0.5) is 5.82 Å². The summed E-state index contributed by atoms with van der Waals surface area (Å²) in [7, 11) is 0. The Labute approximate surface area is 129 Å². The Hall–Kier alpha value is -2.28. The molecule has 0 bridgehead atoms. The zero-order chi connectivity index (χ0) is 14.2. The summed E-state index contributed by atoms with van der Waals surface area (Å²) >= 11 is 3.48. The standard InChI is InChI=1S/C14H11BrN6/c15-10-7-11-13(18-8-10)17-6-3-12-19-20-14(21(11)12)9-1-4-16-5-2-9/h1-2,4-5,7-8H,3,6H2,(H,17,18). The molecule has 1 aliphatic rings. The molecule has 0 aliphatic carbocycles. The molecule has 0 atom stereocenters. The van der Waals surface area contributed by atoms with Crippen molar-refractivity contribution in [3.05, 3.63) is 47.1 Å². The van der Waals surface area contributed by atoms with Crippen LogP contribution in [-0.2, 0) is 6.42 Å². The Balaban J connectivity index is 1.99. The molecule has 3 aromatic heterocycles. The summed E-state index contributed by atoms with van der Waals surface area (Å²) in [6.07, 6.45) is 6.09. The van der Waals surface area contributed by atoms with E-state index in [1.165, 1.54) is 0 Å². The highest BCUT2D eigenvalue weighted by Crippen LogP contribution is 2.30. The molecule has 104 valence electrons. The maximum atomic E-state index is 4.45. The fourth-order valence-corrected chi connectivity index (χ4v) is 2.77. The predicted octanol–water partition coefficient (Wildman–Crippen LogP) is 2.45. The first kappa shape index (κ1) is 12.5. The molecule has 0 spiro atoms. The highest BCUT2D eigenvalue weighted by atomic mass is 79.9. The van der Waals surface area contributed by atoms with Gasteiger partial charge in [0.2, 0.25) is 0 Å². The van der Waals surface area contributed by atoms with Gasteiger partial charge in [0.1, 0.15) is 11.6 Å². The quantitative estimate of drug-likeness (QED) is 0.735. The largest absolute Gasteiger partial charge is 0.368 e. The molecule has 0 saturated carbocycles. The Morgan fingerprint density at radius 1 is 1.19 bits per heavy atom. The zero-order valence-corrected chi connectivity index (χ0v) is 12.6. The summed E-state index contributed by atoms with van der Waals surface area (Å²) in [6.45, 7) is 0.788. The van der Waals surface area contributed by atoms with Crippen LogP contribution in [0, 0.1) is 0 Å². The van der Waals surface area contributed by atoms with E-state index in [-0.39, 0.29) is 0 Å². The first-order valence-corrected chi connectivity index (χ1v) is 7.37. The molecule has 6 nitrogen and oxygen atoms in total. The van der Waals surface area contributed by atoms with E-state index in [4.69, 9.17) is 0 Å². The third-order valence-electron chi connectivity index (χ3n) is 3.38. The van der Waals surface area contributed by atoms with Crippen molar-refractivity contribution in [2.45, 2.75) is 6.42 Å². The number of aromatic nitrogens is 5. The molecular weight excluding hydrogens is 332 g/mol. The van der Waals surface area contributed by atoms with Crippen molar-refractivity contribution in [3.63, 3.8) is 0 Å². The Morgan fingerprint density at radius 2 is 2.05 bits per heavy atom. The Kier molecular flexibility index (Phi) is 2.92. The molecule has 1 aliphatic heterocycles. The minimum absolute atomic E-state index is 0.788. The van der Waals surface area contributed by atoms with Crippen molar-refractivity contribution in [1.82, 2.24) is 24.7 Å². The lowest BCUT2D eigenvalue weighted by Crippen LogP contribution is -2.04.